The van der Waals surface area contributed by atoms with Crippen molar-refractivity contribution in [2.45, 2.75) is 67.0 Å². The summed E-state index contributed by atoms with van der Waals surface area (Å²) >= 11 is 0. The predicted octanol–water partition coefficient (Wildman–Crippen LogP) is 5.24. The van der Waals surface area contributed by atoms with Crippen molar-refractivity contribution in [3.63, 3.8) is 0 Å². The van der Waals surface area contributed by atoms with Gasteiger partial charge in [-0.2, -0.15) is 0 Å². The normalized spacial score (nSPS) is 13.6. The van der Waals surface area contributed by atoms with Crippen LogP contribution in [0.15, 0.2) is 41.0 Å². The van der Waals surface area contributed by atoms with Gasteiger partial charge in [-0.05, 0) is 54.0 Å². The first kappa shape index (κ1) is 25.7. The van der Waals surface area contributed by atoms with Crippen LogP contribution in [0.4, 0.5) is 0 Å². The Bertz CT molecular complexity index is 948. The number of carbonyl (C=O) groups is 2. The fourth-order valence-corrected chi connectivity index (χ4v) is 4.45. The van der Waals surface area contributed by atoms with Gasteiger partial charge < -0.3 is 23.7 Å². The lowest BCUT2D eigenvalue weighted by molar-refractivity contribution is -0.142. The molecule has 34 heavy (non-hydrogen) atoms. The molecule has 1 aromatic heterocycles. The highest BCUT2D eigenvalue weighted by molar-refractivity contribution is 5.85. The van der Waals surface area contributed by atoms with Crippen molar-refractivity contribution in [3.05, 3.63) is 47.9 Å². The molecule has 0 saturated carbocycles. The van der Waals surface area contributed by atoms with Crippen LogP contribution >= 0.6 is 0 Å². The van der Waals surface area contributed by atoms with E-state index in [1.807, 2.05) is 37.3 Å². The van der Waals surface area contributed by atoms with Crippen molar-refractivity contribution >= 4 is 11.8 Å². The quantitative estimate of drug-likeness (QED) is 0.449. The standard InChI is InChI=1S/C27H38N2O5/c1-6-11-28(25(30)13-20(2)15-27(3,4)5)18-26(31)29(17-22-8-7-12-32-22)16-21-9-10-23-24(14-21)34-19-33-23/h7-10,12,14,20H,6,11,13,15-19H2,1-5H3. The third-order valence-electron chi connectivity index (χ3n) is 5.75. The third-order valence-corrected chi connectivity index (χ3v) is 5.75. The zero-order chi connectivity index (χ0) is 24.7. The Morgan fingerprint density at radius 2 is 1.79 bits per heavy atom. The van der Waals surface area contributed by atoms with Crippen LogP contribution in [0.3, 0.4) is 0 Å². The van der Waals surface area contributed by atoms with Crippen LogP contribution in [0.25, 0.3) is 0 Å². The number of rotatable bonds is 11. The monoisotopic (exact) mass is 470 g/mol. The van der Waals surface area contributed by atoms with Gasteiger partial charge in [-0.25, -0.2) is 0 Å². The van der Waals surface area contributed by atoms with Crippen LogP contribution in [0.1, 0.15) is 65.2 Å². The van der Waals surface area contributed by atoms with E-state index in [4.69, 9.17) is 13.9 Å². The molecule has 1 unspecified atom stereocenters. The van der Waals surface area contributed by atoms with Crippen molar-refractivity contribution in [1.82, 2.24) is 9.80 Å². The number of nitrogens with zero attached hydrogens (tertiary/aromatic N) is 2. The number of hydrogen-bond acceptors (Lipinski definition) is 5. The molecule has 0 N–H and O–H groups in total. The molecule has 7 nitrogen and oxygen atoms in total. The Morgan fingerprint density at radius 3 is 2.47 bits per heavy atom. The second-order valence-corrected chi connectivity index (χ2v) is 10.4. The largest absolute Gasteiger partial charge is 0.467 e. The molecule has 0 fully saturated rings. The second-order valence-electron chi connectivity index (χ2n) is 10.4. The van der Waals surface area contributed by atoms with Crippen LogP contribution in [-0.2, 0) is 22.7 Å². The second kappa shape index (κ2) is 11.4. The van der Waals surface area contributed by atoms with Crippen molar-refractivity contribution in [1.29, 1.82) is 0 Å². The van der Waals surface area contributed by atoms with E-state index in [1.54, 1.807) is 16.1 Å². The van der Waals surface area contributed by atoms with Crippen molar-refractivity contribution in [3.8, 4) is 11.5 Å². The number of amides is 2. The predicted molar refractivity (Wildman–Crippen MR) is 130 cm³/mol. The van der Waals surface area contributed by atoms with Gasteiger partial charge in [0.2, 0.25) is 18.6 Å². The van der Waals surface area contributed by atoms with E-state index in [9.17, 15) is 9.59 Å². The minimum atomic E-state index is -0.112. The van der Waals surface area contributed by atoms with Gasteiger partial charge in [-0.3, -0.25) is 9.59 Å². The van der Waals surface area contributed by atoms with Crippen LogP contribution in [0.5, 0.6) is 11.5 Å². The van der Waals surface area contributed by atoms with Crippen LogP contribution in [0, 0.1) is 11.3 Å². The summed E-state index contributed by atoms with van der Waals surface area (Å²) in [7, 11) is 0. The average Bonchev–Trinajstić information content (AvgIpc) is 3.42. The van der Waals surface area contributed by atoms with Crippen molar-refractivity contribution in [2.75, 3.05) is 19.9 Å². The number of hydrogen-bond donors (Lipinski definition) is 0. The highest BCUT2D eigenvalue weighted by atomic mass is 16.7. The Kier molecular flexibility index (Phi) is 8.64. The van der Waals surface area contributed by atoms with E-state index in [2.05, 4.69) is 27.7 Å². The van der Waals surface area contributed by atoms with E-state index in [1.165, 1.54) is 0 Å². The fraction of sp³-hybridized carbons (Fsp3) is 0.556. The van der Waals surface area contributed by atoms with E-state index < -0.39 is 0 Å². The topological polar surface area (TPSA) is 72.2 Å². The van der Waals surface area contributed by atoms with E-state index in [0.29, 0.717) is 43.3 Å². The lowest BCUT2D eigenvalue weighted by atomic mass is 9.84. The maximum Gasteiger partial charge on any atom is 0.242 e. The SMILES string of the molecule is CCCN(CC(=O)N(Cc1ccc2c(c1)OCO2)Cc1ccco1)C(=O)CC(C)CC(C)(C)C. The molecule has 1 aromatic carbocycles. The first-order chi connectivity index (χ1) is 16.1. The number of furan rings is 1. The van der Waals surface area contributed by atoms with Gasteiger partial charge in [-0.15, -0.1) is 0 Å². The van der Waals surface area contributed by atoms with Crippen molar-refractivity contribution in [2.24, 2.45) is 11.3 Å². The highest BCUT2D eigenvalue weighted by Gasteiger charge is 2.25. The van der Waals surface area contributed by atoms with Crippen LogP contribution in [-0.4, -0.2) is 41.5 Å². The Morgan fingerprint density at radius 1 is 1.03 bits per heavy atom. The molecule has 7 heteroatoms. The molecule has 1 aliphatic heterocycles. The lowest BCUT2D eigenvalue weighted by Crippen LogP contribution is -2.43. The average molecular weight is 471 g/mol. The number of benzene rings is 1. The zero-order valence-electron chi connectivity index (χ0n) is 21.1. The number of ether oxygens (including phenoxy) is 2. The molecule has 2 heterocycles. The third kappa shape index (κ3) is 7.54. The first-order valence-corrected chi connectivity index (χ1v) is 12.1. The summed E-state index contributed by atoms with van der Waals surface area (Å²) in [5.74, 6) is 2.26. The maximum absolute atomic E-state index is 13.4. The fourth-order valence-electron chi connectivity index (χ4n) is 4.45. The molecule has 1 atom stereocenters. The molecule has 0 aliphatic carbocycles. The molecule has 186 valence electrons. The number of fused-ring (bicyclic) bond motifs is 1. The summed E-state index contributed by atoms with van der Waals surface area (Å²) in [5.41, 5.74) is 1.09. The van der Waals surface area contributed by atoms with E-state index >= 15 is 0 Å². The highest BCUT2D eigenvalue weighted by Crippen LogP contribution is 2.33. The first-order valence-electron chi connectivity index (χ1n) is 12.1. The minimum absolute atomic E-state index is 0.0352. The summed E-state index contributed by atoms with van der Waals surface area (Å²) in [5, 5.41) is 0. The Labute approximate surface area is 203 Å². The maximum atomic E-state index is 13.4. The smallest absolute Gasteiger partial charge is 0.242 e. The summed E-state index contributed by atoms with van der Waals surface area (Å²) < 4.78 is 16.4. The summed E-state index contributed by atoms with van der Waals surface area (Å²) in [6.07, 6.45) is 3.81. The van der Waals surface area contributed by atoms with Crippen molar-refractivity contribution < 1.29 is 23.5 Å². The molecular formula is C27H38N2O5. The summed E-state index contributed by atoms with van der Waals surface area (Å²) in [4.78, 5) is 30.0. The summed E-state index contributed by atoms with van der Waals surface area (Å²) in [6, 6.07) is 9.34. The van der Waals surface area contributed by atoms with Gasteiger partial charge in [-0.1, -0.05) is 40.7 Å². The van der Waals surface area contributed by atoms with Gasteiger partial charge in [0.15, 0.2) is 11.5 Å². The Balaban J connectivity index is 1.71. The molecule has 3 rings (SSSR count). The molecule has 0 bridgehead atoms. The molecule has 0 saturated heterocycles. The van der Waals surface area contributed by atoms with E-state index in [-0.39, 0.29) is 36.5 Å². The van der Waals surface area contributed by atoms with Gasteiger partial charge in [0, 0.05) is 19.5 Å². The van der Waals surface area contributed by atoms with Gasteiger partial charge in [0.1, 0.15) is 5.76 Å². The number of carbonyl (C=O) groups excluding carboxylic acids is 2. The zero-order valence-corrected chi connectivity index (χ0v) is 21.1. The molecule has 0 radical (unpaired) electrons. The molecular weight excluding hydrogens is 432 g/mol. The van der Waals surface area contributed by atoms with Gasteiger partial charge >= 0.3 is 0 Å². The van der Waals surface area contributed by atoms with Gasteiger partial charge in [0.05, 0.1) is 19.4 Å². The molecule has 0 spiro atoms. The van der Waals surface area contributed by atoms with Crippen LogP contribution < -0.4 is 9.47 Å². The van der Waals surface area contributed by atoms with Gasteiger partial charge in [0.25, 0.3) is 0 Å². The Hall–Kier alpha value is -2.96. The molecule has 2 amide bonds. The summed E-state index contributed by atoms with van der Waals surface area (Å²) in [6.45, 7) is 12.2. The van der Waals surface area contributed by atoms with E-state index in [0.717, 1.165) is 18.4 Å². The molecule has 2 aromatic rings. The lowest BCUT2D eigenvalue weighted by Gasteiger charge is -2.29. The van der Waals surface area contributed by atoms with Crippen LogP contribution in [0.2, 0.25) is 0 Å². The minimum Gasteiger partial charge on any atom is -0.467 e. The molecule has 1 aliphatic rings.